The molecule has 76 valence electrons. The Bertz CT molecular complexity index is 368. The fourth-order valence-corrected chi connectivity index (χ4v) is 0.858. The van der Waals surface area contributed by atoms with Crippen molar-refractivity contribution >= 4 is 5.57 Å². The van der Waals surface area contributed by atoms with Crippen molar-refractivity contribution in [3.05, 3.63) is 36.2 Å². The van der Waals surface area contributed by atoms with Gasteiger partial charge in [0.1, 0.15) is 0 Å². The normalized spacial score (nSPS) is 11.4. The summed E-state index contributed by atoms with van der Waals surface area (Å²) in [5.41, 5.74) is -1.54. The van der Waals surface area contributed by atoms with E-state index >= 15 is 0 Å². The molecular formula is C9H6F4O. The fraction of sp³-hybridized carbons (Fsp3) is 0.111. The Hall–Kier alpha value is -1.52. The average Bonchev–Trinajstić information content (AvgIpc) is 2.07. The number of halogens is 4. The van der Waals surface area contributed by atoms with E-state index in [9.17, 15) is 17.6 Å². The predicted octanol–water partition coefficient (Wildman–Crippen LogP) is 3.11. The van der Waals surface area contributed by atoms with Crippen LogP contribution in [0.5, 0.6) is 5.75 Å². The second-order valence-corrected chi connectivity index (χ2v) is 2.64. The summed E-state index contributed by atoms with van der Waals surface area (Å²) >= 11 is 0. The van der Waals surface area contributed by atoms with Crippen LogP contribution in [0, 0.1) is 5.82 Å². The predicted molar refractivity (Wildman–Crippen MR) is 43.2 cm³/mol. The van der Waals surface area contributed by atoms with Gasteiger partial charge >= 0.3 is 6.18 Å². The first-order valence-electron chi connectivity index (χ1n) is 3.57. The fourth-order valence-electron chi connectivity index (χ4n) is 0.858. The molecule has 1 aromatic carbocycles. The number of phenolic OH excluding ortho intramolecular Hbond substituents is 1. The van der Waals surface area contributed by atoms with Crippen molar-refractivity contribution in [2.24, 2.45) is 0 Å². The smallest absolute Gasteiger partial charge is 0.416 e. The van der Waals surface area contributed by atoms with Gasteiger partial charge in [0.25, 0.3) is 0 Å². The molecule has 1 N–H and O–H groups in total. The number of hydrogen-bond donors (Lipinski definition) is 1. The molecule has 0 aliphatic rings. The van der Waals surface area contributed by atoms with Gasteiger partial charge in [0.15, 0.2) is 11.6 Å². The number of alkyl halides is 3. The van der Waals surface area contributed by atoms with Gasteiger partial charge < -0.3 is 5.11 Å². The molecule has 1 rings (SSSR count). The van der Waals surface area contributed by atoms with Crippen LogP contribution in [0.25, 0.3) is 5.57 Å². The van der Waals surface area contributed by atoms with Crippen LogP contribution in [0.2, 0.25) is 0 Å². The Morgan fingerprint density at radius 2 is 1.86 bits per heavy atom. The van der Waals surface area contributed by atoms with Gasteiger partial charge in [-0.1, -0.05) is 12.6 Å². The second-order valence-electron chi connectivity index (χ2n) is 2.64. The number of phenols is 1. The summed E-state index contributed by atoms with van der Waals surface area (Å²) in [6.07, 6.45) is -4.59. The average molecular weight is 206 g/mol. The van der Waals surface area contributed by atoms with Crippen molar-refractivity contribution in [2.75, 3.05) is 0 Å². The number of hydrogen-bond acceptors (Lipinski definition) is 1. The topological polar surface area (TPSA) is 20.2 Å². The standard InChI is InChI=1S/C9H6F4O/c1-5(9(11,12)13)6-2-3-8(14)7(10)4-6/h2-4,14H,1H2. The molecule has 0 radical (unpaired) electrons. The molecule has 0 bridgehead atoms. The zero-order valence-corrected chi connectivity index (χ0v) is 6.90. The summed E-state index contributed by atoms with van der Waals surface area (Å²) in [6.45, 7) is 2.79. The van der Waals surface area contributed by atoms with Gasteiger partial charge in [0, 0.05) is 0 Å². The molecule has 5 heteroatoms. The lowest BCUT2D eigenvalue weighted by atomic mass is 10.1. The minimum atomic E-state index is -4.59. The van der Waals surface area contributed by atoms with E-state index in [0.29, 0.717) is 6.07 Å². The van der Waals surface area contributed by atoms with Crippen molar-refractivity contribution in [1.29, 1.82) is 0 Å². The molecule has 0 heterocycles. The van der Waals surface area contributed by atoms with Crippen LogP contribution in [0.15, 0.2) is 24.8 Å². The summed E-state index contributed by atoms with van der Waals surface area (Å²) in [4.78, 5) is 0. The first-order valence-corrected chi connectivity index (χ1v) is 3.57. The minimum Gasteiger partial charge on any atom is -0.505 e. The van der Waals surface area contributed by atoms with E-state index < -0.39 is 28.9 Å². The molecular weight excluding hydrogens is 200 g/mol. The molecule has 1 aromatic rings. The Balaban J connectivity index is 3.10. The molecule has 0 amide bonds. The highest BCUT2D eigenvalue weighted by Gasteiger charge is 2.33. The van der Waals surface area contributed by atoms with E-state index in [2.05, 4.69) is 6.58 Å². The summed E-state index contributed by atoms with van der Waals surface area (Å²) < 4.78 is 48.9. The van der Waals surface area contributed by atoms with Crippen LogP contribution in [-0.2, 0) is 0 Å². The maximum absolute atomic E-state index is 12.7. The van der Waals surface area contributed by atoms with Crippen molar-refractivity contribution in [1.82, 2.24) is 0 Å². The first kappa shape index (κ1) is 10.6. The minimum absolute atomic E-state index is 0.396. The van der Waals surface area contributed by atoms with Crippen LogP contribution in [0.1, 0.15) is 5.56 Å². The molecule has 0 saturated heterocycles. The largest absolute Gasteiger partial charge is 0.505 e. The molecule has 0 atom stereocenters. The molecule has 0 fully saturated rings. The lowest BCUT2D eigenvalue weighted by molar-refractivity contribution is -0.0686. The molecule has 0 aliphatic heterocycles. The number of benzene rings is 1. The van der Waals surface area contributed by atoms with E-state index in [1.807, 2.05) is 0 Å². The Labute approximate surface area is 77.3 Å². The maximum atomic E-state index is 12.7. The van der Waals surface area contributed by atoms with E-state index in [1.54, 1.807) is 0 Å². The third-order valence-corrected chi connectivity index (χ3v) is 1.64. The molecule has 1 nitrogen and oxygen atoms in total. The molecule has 0 spiro atoms. The van der Waals surface area contributed by atoms with E-state index in [4.69, 9.17) is 5.11 Å². The molecule has 14 heavy (non-hydrogen) atoms. The summed E-state index contributed by atoms with van der Waals surface area (Å²) in [6, 6.07) is 2.39. The summed E-state index contributed by atoms with van der Waals surface area (Å²) in [5, 5.41) is 8.74. The third-order valence-electron chi connectivity index (χ3n) is 1.64. The van der Waals surface area contributed by atoms with Crippen LogP contribution in [0.4, 0.5) is 17.6 Å². The zero-order chi connectivity index (χ0) is 10.9. The highest BCUT2D eigenvalue weighted by Crippen LogP contribution is 2.33. The van der Waals surface area contributed by atoms with Gasteiger partial charge in [-0.2, -0.15) is 13.2 Å². The zero-order valence-electron chi connectivity index (χ0n) is 6.90. The van der Waals surface area contributed by atoms with Crippen LogP contribution in [-0.4, -0.2) is 11.3 Å². The van der Waals surface area contributed by atoms with Gasteiger partial charge in [0.2, 0.25) is 0 Å². The van der Waals surface area contributed by atoms with Crippen molar-refractivity contribution in [3.63, 3.8) is 0 Å². The van der Waals surface area contributed by atoms with Crippen LogP contribution in [0.3, 0.4) is 0 Å². The quantitative estimate of drug-likeness (QED) is 0.700. The van der Waals surface area contributed by atoms with Crippen LogP contribution < -0.4 is 0 Å². The monoisotopic (exact) mass is 206 g/mol. The van der Waals surface area contributed by atoms with Gasteiger partial charge in [-0.25, -0.2) is 4.39 Å². The number of allylic oxidation sites excluding steroid dienone is 1. The van der Waals surface area contributed by atoms with Gasteiger partial charge in [-0.15, -0.1) is 0 Å². The molecule has 0 saturated carbocycles. The molecule has 0 unspecified atom stereocenters. The number of rotatable bonds is 1. The Kier molecular flexibility index (Phi) is 2.51. The Morgan fingerprint density at radius 1 is 1.29 bits per heavy atom. The van der Waals surface area contributed by atoms with Gasteiger partial charge in [0.05, 0.1) is 5.57 Å². The third kappa shape index (κ3) is 2.04. The maximum Gasteiger partial charge on any atom is 0.416 e. The number of aromatic hydroxyl groups is 1. The summed E-state index contributed by atoms with van der Waals surface area (Å²) in [5.74, 6) is -1.79. The lowest BCUT2D eigenvalue weighted by Crippen LogP contribution is -2.09. The van der Waals surface area contributed by atoms with Gasteiger partial charge in [-0.05, 0) is 17.7 Å². The highest BCUT2D eigenvalue weighted by molar-refractivity contribution is 5.67. The second kappa shape index (κ2) is 3.32. The Morgan fingerprint density at radius 3 is 2.29 bits per heavy atom. The molecule has 0 aromatic heterocycles. The SMILES string of the molecule is C=C(c1ccc(O)c(F)c1)C(F)(F)F. The summed E-state index contributed by atoms with van der Waals surface area (Å²) in [7, 11) is 0. The van der Waals surface area contributed by atoms with E-state index in [1.165, 1.54) is 0 Å². The van der Waals surface area contributed by atoms with Crippen molar-refractivity contribution < 1.29 is 22.7 Å². The lowest BCUT2D eigenvalue weighted by Gasteiger charge is -2.10. The van der Waals surface area contributed by atoms with Crippen LogP contribution >= 0.6 is 0 Å². The molecule has 0 aliphatic carbocycles. The van der Waals surface area contributed by atoms with E-state index in [-0.39, 0.29) is 0 Å². The van der Waals surface area contributed by atoms with Crippen molar-refractivity contribution in [2.45, 2.75) is 6.18 Å². The van der Waals surface area contributed by atoms with Crippen molar-refractivity contribution in [3.8, 4) is 5.75 Å². The van der Waals surface area contributed by atoms with E-state index in [0.717, 1.165) is 12.1 Å². The van der Waals surface area contributed by atoms with Gasteiger partial charge in [-0.3, -0.25) is 0 Å². The highest BCUT2D eigenvalue weighted by atomic mass is 19.4. The first-order chi connectivity index (χ1) is 6.32.